The van der Waals surface area contributed by atoms with Crippen molar-refractivity contribution in [2.45, 2.75) is 10.6 Å². The zero-order chi connectivity index (χ0) is 13.0. The van der Waals surface area contributed by atoms with Gasteiger partial charge in [-0.25, -0.2) is 0 Å². The van der Waals surface area contributed by atoms with Gasteiger partial charge in [-0.3, -0.25) is 0 Å². The Morgan fingerprint density at radius 3 is 2.56 bits per heavy atom. The topological polar surface area (TPSA) is 35.2 Å². The smallest absolute Gasteiger partial charge is 0.118 e. The Balaban J connectivity index is 2.04. The normalized spacial score (nSPS) is 10.3. The van der Waals surface area contributed by atoms with Gasteiger partial charge in [0, 0.05) is 21.4 Å². The highest BCUT2D eigenvalue weighted by Crippen LogP contribution is 2.28. The second kappa shape index (κ2) is 6.03. The predicted octanol–water partition coefficient (Wildman–Crippen LogP) is 4.22. The Morgan fingerprint density at radius 1 is 1.17 bits per heavy atom. The number of anilines is 1. The molecule has 0 radical (unpaired) electrons. The fraction of sp³-hybridized carbons (Fsp3) is 0.143. The molecule has 2 rings (SSSR count). The van der Waals surface area contributed by atoms with Gasteiger partial charge in [-0.15, -0.1) is 11.8 Å². The summed E-state index contributed by atoms with van der Waals surface area (Å²) < 4.78 is 5.12. The van der Waals surface area contributed by atoms with Crippen LogP contribution in [0.15, 0.2) is 47.4 Å². The van der Waals surface area contributed by atoms with Crippen LogP contribution < -0.4 is 10.5 Å². The van der Waals surface area contributed by atoms with Crippen LogP contribution in [0.5, 0.6) is 5.75 Å². The molecule has 0 fully saturated rings. The zero-order valence-corrected chi connectivity index (χ0v) is 11.6. The Labute approximate surface area is 116 Å². The summed E-state index contributed by atoms with van der Waals surface area (Å²) in [5.41, 5.74) is 7.54. The Kier molecular flexibility index (Phi) is 4.39. The molecule has 2 aromatic carbocycles. The number of hydrogen-bond donors (Lipinski definition) is 1. The van der Waals surface area contributed by atoms with Crippen molar-refractivity contribution in [3.63, 3.8) is 0 Å². The number of ether oxygens (including phenoxy) is 1. The van der Waals surface area contributed by atoms with Crippen LogP contribution in [0.4, 0.5) is 5.69 Å². The molecule has 0 saturated carbocycles. The largest absolute Gasteiger partial charge is 0.497 e. The van der Waals surface area contributed by atoms with Crippen molar-refractivity contribution >= 4 is 29.1 Å². The molecule has 4 heteroatoms. The fourth-order valence-corrected chi connectivity index (χ4v) is 2.69. The van der Waals surface area contributed by atoms with E-state index < -0.39 is 0 Å². The lowest BCUT2D eigenvalue weighted by Crippen LogP contribution is -1.89. The molecule has 0 amide bonds. The van der Waals surface area contributed by atoms with E-state index in [1.165, 1.54) is 4.90 Å². The van der Waals surface area contributed by atoms with E-state index >= 15 is 0 Å². The minimum atomic E-state index is 0.740. The summed E-state index contributed by atoms with van der Waals surface area (Å²) >= 11 is 7.84. The van der Waals surface area contributed by atoms with Crippen LogP contribution in [0.3, 0.4) is 0 Å². The summed E-state index contributed by atoms with van der Waals surface area (Å²) in [6.07, 6.45) is 0. The number of halogens is 1. The average Bonchev–Trinajstić information content (AvgIpc) is 2.40. The third-order valence-corrected chi connectivity index (χ3v) is 3.95. The van der Waals surface area contributed by atoms with Gasteiger partial charge in [0.05, 0.1) is 7.11 Å². The maximum Gasteiger partial charge on any atom is 0.118 e. The van der Waals surface area contributed by atoms with Gasteiger partial charge in [-0.1, -0.05) is 11.6 Å². The molecule has 18 heavy (non-hydrogen) atoms. The second-order valence-electron chi connectivity index (χ2n) is 3.82. The Bertz CT molecular complexity index is 528. The van der Waals surface area contributed by atoms with Crippen molar-refractivity contribution in [1.29, 1.82) is 0 Å². The predicted molar refractivity (Wildman–Crippen MR) is 78.4 cm³/mol. The molecule has 2 aromatic rings. The molecule has 0 heterocycles. The number of nitrogen functional groups attached to an aromatic ring is 1. The van der Waals surface area contributed by atoms with E-state index in [4.69, 9.17) is 22.1 Å². The number of hydrogen-bond acceptors (Lipinski definition) is 3. The molecule has 0 spiro atoms. The highest BCUT2D eigenvalue weighted by atomic mass is 35.5. The summed E-state index contributed by atoms with van der Waals surface area (Å²) in [5.74, 6) is 1.66. The summed E-state index contributed by atoms with van der Waals surface area (Å²) in [4.78, 5) is 1.18. The zero-order valence-electron chi connectivity index (χ0n) is 10.0. The van der Waals surface area contributed by atoms with Gasteiger partial charge in [0.25, 0.3) is 0 Å². The Morgan fingerprint density at radius 2 is 1.89 bits per heavy atom. The van der Waals surface area contributed by atoms with Gasteiger partial charge in [-0.05, 0) is 48.0 Å². The molecule has 0 aromatic heterocycles. The van der Waals surface area contributed by atoms with E-state index in [1.54, 1.807) is 18.9 Å². The van der Waals surface area contributed by atoms with Crippen LogP contribution in [0, 0.1) is 0 Å². The molecule has 0 aliphatic carbocycles. The van der Waals surface area contributed by atoms with Crippen LogP contribution in [0.2, 0.25) is 5.02 Å². The molecule has 2 nitrogen and oxygen atoms in total. The van der Waals surface area contributed by atoms with Crippen molar-refractivity contribution < 1.29 is 4.74 Å². The van der Waals surface area contributed by atoms with Gasteiger partial charge < -0.3 is 10.5 Å². The van der Waals surface area contributed by atoms with Crippen molar-refractivity contribution in [2.75, 3.05) is 12.8 Å². The molecule has 0 unspecified atom stereocenters. The third kappa shape index (κ3) is 3.34. The lowest BCUT2D eigenvalue weighted by Gasteiger charge is -2.06. The van der Waals surface area contributed by atoms with Gasteiger partial charge in [0.1, 0.15) is 5.75 Å². The maximum atomic E-state index is 6.12. The third-order valence-electron chi connectivity index (χ3n) is 2.52. The van der Waals surface area contributed by atoms with Crippen molar-refractivity contribution in [1.82, 2.24) is 0 Å². The lowest BCUT2D eigenvalue weighted by molar-refractivity contribution is 0.414. The molecular formula is C14H14ClNOS. The first kappa shape index (κ1) is 13.1. The number of methoxy groups -OCH3 is 1. The first-order valence-corrected chi connectivity index (χ1v) is 6.86. The molecule has 2 N–H and O–H groups in total. The van der Waals surface area contributed by atoms with Gasteiger partial charge in [-0.2, -0.15) is 0 Å². The van der Waals surface area contributed by atoms with Crippen LogP contribution in [-0.4, -0.2) is 7.11 Å². The highest BCUT2D eigenvalue weighted by Gasteiger charge is 2.02. The van der Waals surface area contributed by atoms with E-state index in [-0.39, 0.29) is 0 Å². The van der Waals surface area contributed by atoms with E-state index in [1.807, 2.05) is 42.5 Å². The molecule has 0 atom stereocenters. The first-order chi connectivity index (χ1) is 8.69. The lowest BCUT2D eigenvalue weighted by atomic mass is 10.2. The quantitative estimate of drug-likeness (QED) is 0.672. The maximum absolute atomic E-state index is 6.12. The standard InChI is InChI=1S/C14H14ClNOS/c1-17-12-3-5-13(6-4-12)18-9-10-8-11(16)2-7-14(10)15/h2-8H,9,16H2,1H3. The highest BCUT2D eigenvalue weighted by molar-refractivity contribution is 7.98. The van der Waals surface area contributed by atoms with E-state index in [2.05, 4.69) is 0 Å². The summed E-state index contributed by atoms with van der Waals surface area (Å²) in [6.45, 7) is 0. The number of benzene rings is 2. The van der Waals surface area contributed by atoms with Gasteiger partial charge >= 0.3 is 0 Å². The van der Waals surface area contributed by atoms with Crippen molar-refractivity contribution in [2.24, 2.45) is 0 Å². The van der Waals surface area contributed by atoms with Gasteiger partial charge in [0.2, 0.25) is 0 Å². The number of thioether (sulfide) groups is 1. The first-order valence-electron chi connectivity index (χ1n) is 5.50. The second-order valence-corrected chi connectivity index (χ2v) is 5.27. The average molecular weight is 280 g/mol. The van der Waals surface area contributed by atoms with Crippen molar-refractivity contribution in [3.8, 4) is 5.75 Å². The molecule has 94 valence electrons. The Hall–Kier alpha value is -1.32. The minimum Gasteiger partial charge on any atom is -0.497 e. The molecule has 0 bridgehead atoms. The monoisotopic (exact) mass is 279 g/mol. The summed E-state index contributed by atoms with van der Waals surface area (Å²) in [6, 6.07) is 13.5. The van der Waals surface area contributed by atoms with Crippen LogP contribution >= 0.6 is 23.4 Å². The molecule has 0 saturated heterocycles. The van der Waals surface area contributed by atoms with Crippen LogP contribution in [0.1, 0.15) is 5.56 Å². The minimum absolute atomic E-state index is 0.740. The van der Waals surface area contributed by atoms with Crippen molar-refractivity contribution in [3.05, 3.63) is 53.1 Å². The van der Waals surface area contributed by atoms with Crippen LogP contribution in [0.25, 0.3) is 0 Å². The van der Waals surface area contributed by atoms with E-state index in [0.29, 0.717) is 0 Å². The number of rotatable bonds is 4. The molecule has 0 aliphatic rings. The molecular weight excluding hydrogens is 266 g/mol. The fourth-order valence-electron chi connectivity index (χ4n) is 1.54. The summed E-state index contributed by atoms with van der Waals surface area (Å²) in [5, 5.41) is 0.755. The summed E-state index contributed by atoms with van der Waals surface area (Å²) in [7, 11) is 1.66. The van der Waals surface area contributed by atoms with Gasteiger partial charge in [0.15, 0.2) is 0 Å². The van der Waals surface area contributed by atoms with E-state index in [0.717, 1.165) is 27.8 Å². The SMILES string of the molecule is COc1ccc(SCc2cc(N)ccc2Cl)cc1. The number of nitrogens with two attached hydrogens (primary N) is 1. The van der Waals surface area contributed by atoms with Crippen LogP contribution in [-0.2, 0) is 5.75 Å². The molecule has 0 aliphatic heterocycles. The van der Waals surface area contributed by atoms with E-state index in [9.17, 15) is 0 Å².